The SMILES string of the molecule is CC(=NNc1ncn[nH]1)c1ccc(Br)cc1. The maximum absolute atomic E-state index is 4.18. The zero-order valence-electron chi connectivity index (χ0n) is 8.61. The first-order chi connectivity index (χ1) is 7.75. The van der Waals surface area contributed by atoms with E-state index < -0.39 is 0 Å². The van der Waals surface area contributed by atoms with Crippen LogP contribution in [0.1, 0.15) is 12.5 Å². The molecule has 0 amide bonds. The molecule has 6 heteroatoms. The van der Waals surface area contributed by atoms with Gasteiger partial charge in [-0.05, 0) is 24.6 Å². The molecule has 1 aromatic carbocycles. The van der Waals surface area contributed by atoms with E-state index in [1.807, 2.05) is 31.2 Å². The van der Waals surface area contributed by atoms with Gasteiger partial charge in [0.25, 0.3) is 0 Å². The zero-order valence-corrected chi connectivity index (χ0v) is 10.2. The summed E-state index contributed by atoms with van der Waals surface area (Å²) in [5.41, 5.74) is 4.71. The molecule has 2 rings (SSSR count). The summed E-state index contributed by atoms with van der Waals surface area (Å²) >= 11 is 3.39. The van der Waals surface area contributed by atoms with Gasteiger partial charge in [0.1, 0.15) is 6.33 Å². The van der Waals surface area contributed by atoms with E-state index in [1.54, 1.807) is 0 Å². The molecule has 1 heterocycles. The van der Waals surface area contributed by atoms with Crippen LogP contribution in [0, 0.1) is 0 Å². The van der Waals surface area contributed by atoms with Crippen molar-refractivity contribution in [1.29, 1.82) is 0 Å². The van der Waals surface area contributed by atoms with Gasteiger partial charge in [0, 0.05) is 4.47 Å². The fourth-order valence-electron chi connectivity index (χ4n) is 1.15. The standard InChI is InChI=1S/C10H10BrN5/c1-7(8-2-4-9(11)5-3-8)14-16-10-12-6-13-15-10/h2-6H,1H3,(H2,12,13,15,16). The third kappa shape index (κ3) is 2.66. The molecule has 82 valence electrons. The molecule has 0 fully saturated rings. The number of halogens is 1. The number of hydrogen-bond donors (Lipinski definition) is 2. The summed E-state index contributed by atoms with van der Waals surface area (Å²) in [7, 11) is 0. The van der Waals surface area contributed by atoms with E-state index in [4.69, 9.17) is 0 Å². The van der Waals surface area contributed by atoms with Crippen molar-refractivity contribution in [3.8, 4) is 0 Å². The first kappa shape index (κ1) is 10.8. The number of aromatic amines is 1. The van der Waals surface area contributed by atoms with Crippen LogP contribution < -0.4 is 5.43 Å². The van der Waals surface area contributed by atoms with Gasteiger partial charge < -0.3 is 0 Å². The van der Waals surface area contributed by atoms with Gasteiger partial charge in [0.15, 0.2) is 0 Å². The van der Waals surface area contributed by atoms with Crippen molar-refractivity contribution in [2.75, 3.05) is 5.43 Å². The average Bonchev–Trinajstić information content (AvgIpc) is 2.80. The highest BCUT2D eigenvalue weighted by atomic mass is 79.9. The van der Waals surface area contributed by atoms with Gasteiger partial charge in [-0.3, -0.25) is 0 Å². The Bertz CT molecular complexity index is 474. The number of hydrogen-bond acceptors (Lipinski definition) is 4. The number of aromatic nitrogens is 3. The molecular weight excluding hydrogens is 270 g/mol. The molecule has 0 saturated heterocycles. The average molecular weight is 280 g/mol. The van der Waals surface area contributed by atoms with E-state index in [0.717, 1.165) is 15.7 Å². The van der Waals surface area contributed by atoms with Gasteiger partial charge in [-0.2, -0.15) is 15.2 Å². The summed E-state index contributed by atoms with van der Waals surface area (Å²) in [5.74, 6) is 0.525. The number of benzene rings is 1. The summed E-state index contributed by atoms with van der Waals surface area (Å²) in [6.45, 7) is 1.92. The van der Waals surface area contributed by atoms with E-state index in [0.29, 0.717) is 5.95 Å². The smallest absolute Gasteiger partial charge is 0.239 e. The molecule has 2 aromatic rings. The third-order valence-electron chi connectivity index (χ3n) is 2.01. The van der Waals surface area contributed by atoms with Crippen LogP contribution in [0.25, 0.3) is 0 Å². The van der Waals surface area contributed by atoms with Crippen LogP contribution in [0.15, 0.2) is 40.2 Å². The highest BCUT2D eigenvalue weighted by Crippen LogP contribution is 2.11. The molecular formula is C10H10BrN5. The number of nitrogens with one attached hydrogen (secondary N) is 2. The van der Waals surface area contributed by atoms with Gasteiger partial charge in [0.05, 0.1) is 5.71 Å². The lowest BCUT2D eigenvalue weighted by Gasteiger charge is -2.01. The lowest BCUT2D eigenvalue weighted by Crippen LogP contribution is -2.00. The molecule has 0 aliphatic carbocycles. The molecule has 16 heavy (non-hydrogen) atoms. The largest absolute Gasteiger partial charge is 0.245 e. The number of rotatable bonds is 3. The van der Waals surface area contributed by atoms with Gasteiger partial charge in [-0.15, -0.1) is 0 Å². The van der Waals surface area contributed by atoms with Gasteiger partial charge in [-0.25, -0.2) is 10.5 Å². The second-order valence-corrected chi connectivity index (χ2v) is 4.07. The fourth-order valence-corrected chi connectivity index (χ4v) is 1.42. The van der Waals surface area contributed by atoms with Gasteiger partial charge >= 0.3 is 0 Å². The summed E-state index contributed by atoms with van der Waals surface area (Å²) in [6, 6.07) is 7.93. The lowest BCUT2D eigenvalue weighted by molar-refractivity contribution is 1.08. The Labute approximate surface area is 101 Å². The van der Waals surface area contributed by atoms with E-state index in [9.17, 15) is 0 Å². The van der Waals surface area contributed by atoms with Crippen molar-refractivity contribution in [3.05, 3.63) is 40.6 Å². The third-order valence-corrected chi connectivity index (χ3v) is 2.54. The van der Waals surface area contributed by atoms with Crippen LogP contribution >= 0.6 is 15.9 Å². The van der Waals surface area contributed by atoms with Gasteiger partial charge in [0.2, 0.25) is 5.95 Å². The summed E-state index contributed by atoms with van der Waals surface area (Å²) < 4.78 is 1.05. The molecule has 0 bridgehead atoms. The maximum Gasteiger partial charge on any atom is 0.239 e. The van der Waals surface area contributed by atoms with Crippen molar-refractivity contribution < 1.29 is 0 Å². The summed E-state index contributed by atoms with van der Waals surface area (Å²) in [6.07, 6.45) is 1.42. The predicted octanol–water partition coefficient (Wildman–Crippen LogP) is 2.40. The van der Waals surface area contributed by atoms with Crippen LogP contribution in [-0.2, 0) is 0 Å². The Hall–Kier alpha value is -1.69. The Morgan fingerprint density at radius 1 is 1.38 bits per heavy atom. The van der Waals surface area contributed by atoms with E-state index >= 15 is 0 Å². The van der Waals surface area contributed by atoms with Crippen LogP contribution in [0.4, 0.5) is 5.95 Å². The Morgan fingerprint density at radius 3 is 2.75 bits per heavy atom. The fraction of sp³-hybridized carbons (Fsp3) is 0.100. The Morgan fingerprint density at radius 2 is 2.12 bits per heavy atom. The van der Waals surface area contributed by atoms with Crippen LogP contribution in [0.2, 0.25) is 0 Å². The number of hydrazone groups is 1. The van der Waals surface area contributed by atoms with Crippen LogP contribution in [0.3, 0.4) is 0 Å². The van der Waals surface area contributed by atoms with Crippen molar-refractivity contribution in [2.45, 2.75) is 6.92 Å². The number of H-pyrrole nitrogens is 1. The second-order valence-electron chi connectivity index (χ2n) is 3.15. The van der Waals surface area contributed by atoms with E-state index in [1.165, 1.54) is 6.33 Å². The summed E-state index contributed by atoms with van der Waals surface area (Å²) in [5, 5.41) is 10.6. The second kappa shape index (κ2) is 4.89. The van der Waals surface area contributed by atoms with E-state index in [-0.39, 0.29) is 0 Å². The minimum Gasteiger partial charge on any atom is -0.245 e. The lowest BCUT2D eigenvalue weighted by atomic mass is 10.1. The topological polar surface area (TPSA) is 66.0 Å². The van der Waals surface area contributed by atoms with Crippen molar-refractivity contribution in [3.63, 3.8) is 0 Å². The highest BCUT2D eigenvalue weighted by molar-refractivity contribution is 9.10. The molecule has 1 aromatic heterocycles. The minimum atomic E-state index is 0.525. The maximum atomic E-state index is 4.18. The van der Waals surface area contributed by atoms with E-state index in [2.05, 4.69) is 41.6 Å². The summed E-state index contributed by atoms with van der Waals surface area (Å²) in [4.78, 5) is 3.90. The molecule has 0 saturated carbocycles. The van der Waals surface area contributed by atoms with Crippen LogP contribution in [-0.4, -0.2) is 20.9 Å². The van der Waals surface area contributed by atoms with Crippen molar-refractivity contribution in [2.24, 2.45) is 5.10 Å². The Kier molecular flexibility index (Phi) is 3.31. The van der Waals surface area contributed by atoms with Crippen molar-refractivity contribution in [1.82, 2.24) is 15.2 Å². The number of nitrogens with zero attached hydrogens (tertiary/aromatic N) is 3. The molecule has 0 radical (unpaired) electrons. The molecule has 0 aliphatic rings. The molecule has 0 unspecified atom stereocenters. The highest BCUT2D eigenvalue weighted by Gasteiger charge is 1.97. The number of anilines is 1. The first-order valence-electron chi connectivity index (χ1n) is 4.67. The first-order valence-corrected chi connectivity index (χ1v) is 5.46. The molecule has 2 N–H and O–H groups in total. The molecule has 0 spiro atoms. The Balaban J connectivity index is 2.09. The zero-order chi connectivity index (χ0) is 11.4. The molecule has 0 atom stereocenters. The monoisotopic (exact) mass is 279 g/mol. The van der Waals surface area contributed by atoms with Crippen molar-refractivity contribution >= 4 is 27.6 Å². The molecule has 5 nitrogen and oxygen atoms in total. The normalized spacial score (nSPS) is 11.5. The quantitative estimate of drug-likeness (QED) is 0.670. The predicted molar refractivity (Wildman–Crippen MR) is 66.4 cm³/mol. The van der Waals surface area contributed by atoms with Gasteiger partial charge in [-0.1, -0.05) is 28.1 Å². The minimum absolute atomic E-state index is 0.525. The van der Waals surface area contributed by atoms with Crippen LogP contribution in [0.5, 0.6) is 0 Å². The molecule has 0 aliphatic heterocycles.